The van der Waals surface area contributed by atoms with Gasteiger partial charge in [-0.1, -0.05) is 19.9 Å². The van der Waals surface area contributed by atoms with Crippen LogP contribution in [0.4, 0.5) is 4.39 Å². The number of halogens is 1. The molecule has 2 rings (SSSR count). The molecule has 1 fully saturated rings. The number of guanidine groups is 1. The zero-order chi connectivity index (χ0) is 20.7. The van der Waals surface area contributed by atoms with E-state index in [4.69, 9.17) is 0 Å². The van der Waals surface area contributed by atoms with Gasteiger partial charge in [-0.05, 0) is 48.6 Å². The van der Waals surface area contributed by atoms with Crippen LogP contribution in [0.15, 0.2) is 23.2 Å². The predicted octanol–water partition coefficient (Wildman–Crippen LogP) is 2.16. The van der Waals surface area contributed by atoms with Crippen LogP contribution in [0, 0.1) is 11.7 Å². The third-order valence-corrected chi connectivity index (χ3v) is 5.70. The van der Waals surface area contributed by atoms with Gasteiger partial charge in [-0.25, -0.2) is 12.8 Å². The highest BCUT2D eigenvalue weighted by atomic mass is 32.2. The second-order valence-electron chi connectivity index (χ2n) is 7.97. The van der Waals surface area contributed by atoms with E-state index in [0.29, 0.717) is 35.6 Å². The number of hydrogen-bond acceptors (Lipinski definition) is 4. The first-order valence-corrected chi connectivity index (χ1v) is 11.9. The highest BCUT2D eigenvalue weighted by molar-refractivity contribution is 7.89. The molecule has 8 heteroatoms. The molecule has 0 unspecified atom stereocenters. The van der Waals surface area contributed by atoms with Gasteiger partial charge in [-0.2, -0.15) is 0 Å². The van der Waals surface area contributed by atoms with Crippen molar-refractivity contribution >= 4 is 15.8 Å². The molecule has 0 radical (unpaired) electrons. The van der Waals surface area contributed by atoms with Crippen molar-refractivity contribution in [2.75, 3.05) is 32.9 Å². The molecule has 0 saturated carbocycles. The summed E-state index contributed by atoms with van der Waals surface area (Å²) in [4.78, 5) is 6.76. The van der Waals surface area contributed by atoms with E-state index >= 15 is 0 Å². The van der Waals surface area contributed by atoms with E-state index in [1.807, 2.05) is 0 Å². The van der Waals surface area contributed by atoms with Gasteiger partial charge in [0, 0.05) is 39.0 Å². The second kappa shape index (κ2) is 10.2. The van der Waals surface area contributed by atoms with Gasteiger partial charge < -0.3 is 10.6 Å². The quantitative estimate of drug-likeness (QED) is 0.506. The second-order valence-corrected chi connectivity index (χ2v) is 10.1. The monoisotopic (exact) mass is 412 g/mol. The van der Waals surface area contributed by atoms with E-state index in [2.05, 4.69) is 34.4 Å². The standard InChI is InChI=1S/C20H33FN4O2S/c1-15(2)13-25-9-5-6-19(25)12-24-20(22-3)23-11-17-10-18(21)8-7-16(17)14-28(4,26)27/h7-8,10,15,19H,5-6,9,11-14H2,1-4H3,(H2,22,23,24)/t19-/m1/s1. The minimum absolute atomic E-state index is 0.109. The van der Waals surface area contributed by atoms with Gasteiger partial charge in [0.05, 0.1) is 5.75 Å². The molecule has 0 bridgehead atoms. The van der Waals surface area contributed by atoms with Gasteiger partial charge >= 0.3 is 0 Å². The molecule has 6 nitrogen and oxygen atoms in total. The number of benzene rings is 1. The minimum Gasteiger partial charge on any atom is -0.355 e. The van der Waals surface area contributed by atoms with E-state index < -0.39 is 9.84 Å². The SMILES string of the molecule is CN=C(NCc1cc(F)ccc1CS(C)(=O)=O)NC[C@H]1CCCN1CC(C)C. The Balaban J connectivity index is 1.94. The largest absolute Gasteiger partial charge is 0.355 e. The normalized spacial score (nSPS) is 18.6. The Labute approximate surface area is 168 Å². The molecule has 158 valence electrons. The molecular weight excluding hydrogens is 379 g/mol. The zero-order valence-corrected chi connectivity index (χ0v) is 18.2. The third kappa shape index (κ3) is 7.39. The van der Waals surface area contributed by atoms with Gasteiger partial charge in [-0.3, -0.25) is 9.89 Å². The van der Waals surface area contributed by atoms with Crippen molar-refractivity contribution in [1.29, 1.82) is 0 Å². The van der Waals surface area contributed by atoms with E-state index in [9.17, 15) is 12.8 Å². The fourth-order valence-corrected chi connectivity index (χ4v) is 4.48. The van der Waals surface area contributed by atoms with Gasteiger partial charge in [-0.15, -0.1) is 0 Å². The molecule has 1 aliphatic rings. The number of nitrogens with zero attached hydrogens (tertiary/aromatic N) is 2. The van der Waals surface area contributed by atoms with Crippen LogP contribution in [0.5, 0.6) is 0 Å². The van der Waals surface area contributed by atoms with Crippen molar-refractivity contribution in [3.8, 4) is 0 Å². The average Bonchev–Trinajstić information content (AvgIpc) is 3.02. The van der Waals surface area contributed by atoms with Crippen LogP contribution in [0.25, 0.3) is 0 Å². The maximum absolute atomic E-state index is 13.7. The third-order valence-electron chi connectivity index (χ3n) is 4.86. The van der Waals surface area contributed by atoms with Crippen molar-refractivity contribution in [3.63, 3.8) is 0 Å². The molecule has 1 aliphatic heterocycles. The Morgan fingerprint density at radius 3 is 2.71 bits per heavy atom. The van der Waals surface area contributed by atoms with Crippen LogP contribution in [-0.4, -0.2) is 58.3 Å². The van der Waals surface area contributed by atoms with Crippen molar-refractivity contribution < 1.29 is 12.8 Å². The summed E-state index contributed by atoms with van der Waals surface area (Å²) in [5.41, 5.74) is 1.22. The summed E-state index contributed by atoms with van der Waals surface area (Å²) in [6, 6.07) is 4.69. The predicted molar refractivity (Wildman–Crippen MR) is 113 cm³/mol. The highest BCUT2D eigenvalue weighted by Crippen LogP contribution is 2.18. The van der Waals surface area contributed by atoms with Crippen molar-refractivity contribution in [3.05, 3.63) is 35.1 Å². The average molecular weight is 413 g/mol. The van der Waals surface area contributed by atoms with Gasteiger partial charge in [0.25, 0.3) is 0 Å². The molecule has 0 amide bonds. The Morgan fingerprint density at radius 1 is 1.32 bits per heavy atom. The van der Waals surface area contributed by atoms with E-state index in [1.54, 1.807) is 7.05 Å². The molecule has 0 spiro atoms. The van der Waals surface area contributed by atoms with Crippen LogP contribution in [0.1, 0.15) is 37.8 Å². The summed E-state index contributed by atoms with van der Waals surface area (Å²) in [5, 5.41) is 6.53. The van der Waals surface area contributed by atoms with Crippen molar-refractivity contribution in [1.82, 2.24) is 15.5 Å². The Morgan fingerprint density at radius 2 is 2.07 bits per heavy atom. The number of sulfone groups is 1. The lowest BCUT2D eigenvalue weighted by atomic mass is 10.1. The summed E-state index contributed by atoms with van der Waals surface area (Å²) in [6.45, 7) is 7.80. The summed E-state index contributed by atoms with van der Waals surface area (Å²) in [5.74, 6) is 0.778. The van der Waals surface area contributed by atoms with Crippen LogP contribution < -0.4 is 10.6 Å². The number of aliphatic imine (C=N–C) groups is 1. The number of rotatable bonds is 8. The van der Waals surface area contributed by atoms with Gasteiger partial charge in [0.1, 0.15) is 5.82 Å². The van der Waals surface area contributed by atoms with Gasteiger partial charge in [0.15, 0.2) is 15.8 Å². The fraction of sp³-hybridized carbons (Fsp3) is 0.650. The summed E-state index contributed by atoms with van der Waals surface area (Å²) in [6.07, 6.45) is 3.56. The maximum Gasteiger partial charge on any atom is 0.191 e. The molecule has 1 aromatic carbocycles. The van der Waals surface area contributed by atoms with Crippen LogP contribution in [0.3, 0.4) is 0 Å². The van der Waals surface area contributed by atoms with Crippen LogP contribution in [0.2, 0.25) is 0 Å². The first kappa shape index (κ1) is 22.6. The molecule has 1 saturated heterocycles. The Hall–Kier alpha value is -1.67. The molecule has 0 aliphatic carbocycles. The molecule has 2 N–H and O–H groups in total. The molecule has 1 aromatic rings. The van der Waals surface area contributed by atoms with E-state index in [-0.39, 0.29) is 11.6 Å². The van der Waals surface area contributed by atoms with E-state index in [1.165, 1.54) is 37.3 Å². The Bertz CT molecular complexity index is 780. The highest BCUT2D eigenvalue weighted by Gasteiger charge is 2.24. The zero-order valence-electron chi connectivity index (χ0n) is 17.3. The lowest BCUT2D eigenvalue weighted by Crippen LogP contribution is -2.45. The van der Waals surface area contributed by atoms with Gasteiger partial charge in [0.2, 0.25) is 0 Å². The maximum atomic E-state index is 13.7. The first-order valence-electron chi connectivity index (χ1n) is 9.81. The van der Waals surface area contributed by atoms with E-state index in [0.717, 1.165) is 19.6 Å². The molecule has 28 heavy (non-hydrogen) atoms. The lowest BCUT2D eigenvalue weighted by molar-refractivity contribution is 0.226. The molecular formula is C20H33FN4O2S. The van der Waals surface area contributed by atoms with Crippen molar-refractivity contribution in [2.45, 2.75) is 45.0 Å². The number of hydrogen-bond donors (Lipinski definition) is 2. The fourth-order valence-electron chi connectivity index (χ4n) is 3.63. The molecule has 1 heterocycles. The Kier molecular flexibility index (Phi) is 8.24. The van der Waals surface area contributed by atoms with Crippen LogP contribution >= 0.6 is 0 Å². The number of likely N-dealkylation sites (tertiary alicyclic amines) is 1. The topological polar surface area (TPSA) is 73.8 Å². The van der Waals surface area contributed by atoms with Crippen LogP contribution in [-0.2, 0) is 22.1 Å². The summed E-state index contributed by atoms with van der Waals surface area (Å²) >= 11 is 0. The van der Waals surface area contributed by atoms with Crippen molar-refractivity contribution in [2.24, 2.45) is 10.9 Å². The first-order chi connectivity index (χ1) is 13.2. The summed E-state index contributed by atoms with van der Waals surface area (Å²) < 4.78 is 36.9. The minimum atomic E-state index is -3.20. The summed E-state index contributed by atoms with van der Waals surface area (Å²) in [7, 11) is -1.50. The lowest BCUT2D eigenvalue weighted by Gasteiger charge is -2.27. The smallest absolute Gasteiger partial charge is 0.191 e. The molecule has 1 atom stereocenters. The number of nitrogens with one attached hydrogen (secondary N) is 2. The molecule has 0 aromatic heterocycles.